The molecule has 0 spiro atoms. The van der Waals surface area contributed by atoms with Crippen molar-refractivity contribution in [3.63, 3.8) is 0 Å². The number of aromatic nitrogens is 2. The molecule has 18 heavy (non-hydrogen) atoms. The second-order valence-electron chi connectivity index (χ2n) is 3.72. The van der Waals surface area contributed by atoms with Crippen LogP contribution in [0.25, 0.3) is 0 Å². The Morgan fingerprint density at radius 1 is 1.22 bits per heavy atom. The second-order valence-corrected chi connectivity index (χ2v) is 3.72. The maximum Gasteiger partial charge on any atom is 0.224 e. The highest BCUT2D eigenvalue weighted by molar-refractivity contribution is 5.39. The molecular weight excluding hydrogens is 233 g/mol. The molecule has 0 saturated carbocycles. The molecule has 0 atom stereocenters. The SMILES string of the molecule is CCNc1cc(Oc2ccc(F)cc2)nc(C)n1. The van der Waals surface area contributed by atoms with Crippen molar-refractivity contribution in [2.75, 3.05) is 11.9 Å². The average Bonchev–Trinajstić information content (AvgIpc) is 2.32. The zero-order valence-corrected chi connectivity index (χ0v) is 10.3. The predicted octanol–water partition coefficient (Wildman–Crippen LogP) is 3.15. The molecule has 0 bridgehead atoms. The number of rotatable bonds is 4. The zero-order chi connectivity index (χ0) is 13.0. The third-order valence-corrected chi connectivity index (χ3v) is 2.21. The standard InChI is InChI=1S/C13H14FN3O/c1-3-15-12-8-13(17-9(2)16-12)18-11-6-4-10(14)5-7-11/h4-8H,3H2,1-2H3,(H,15,16,17). The Hall–Kier alpha value is -2.17. The molecule has 1 aromatic carbocycles. The third-order valence-electron chi connectivity index (χ3n) is 2.21. The summed E-state index contributed by atoms with van der Waals surface area (Å²) in [6.45, 7) is 4.54. The molecule has 0 radical (unpaired) electrons. The number of anilines is 1. The minimum absolute atomic E-state index is 0.297. The number of hydrogen-bond donors (Lipinski definition) is 1. The van der Waals surface area contributed by atoms with Gasteiger partial charge in [-0.3, -0.25) is 0 Å². The highest BCUT2D eigenvalue weighted by Crippen LogP contribution is 2.21. The van der Waals surface area contributed by atoms with Gasteiger partial charge in [-0.2, -0.15) is 4.98 Å². The number of hydrogen-bond acceptors (Lipinski definition) is 4. The Bertz CT molecular complexity index is 528. The van der Waals surface area contributed by atoms with Gasteiger partial charge in [-0.25, -0.2) is 9.37 Å². The van der Waals surface area contributed by atoms with Gasteiger partial charge in [0.1, 0.15) is 23.2 Å². The van der Waals surface area contributed by atoms with Crippen molar-refractivity contribution in [2.24, 2.45) is 0 Å². The molecule has 2 aromatic rings. The van der Waals surface area contributed by atoms with Gasteiger partial charge in [0.2, 0.25) is 5.88 Å². The first-order valence-electron chi connectivity index (χ1n) is 5.70. The van der Waals surface area contributed by atoms with Crippen LogP contribution in [0.5, 0.6) is 11.6 Å². The molecule has 0 aliphatic heterocycles. The molecule has 1 aromatic heterocycles. The maximum absolute atomic E-state index is 12.8. The lowest BCUT2D eigenvalue weighted by Crippen LogP contribution is -2.02. The number of benzene rings is 1. The van der Waals surface area contributed by atoms with Crippen LogP contribution >= 0.6 is 0 Å². The number of aryl methyl sites for hydroxylation is 1. The van der Waals surface area contributed by atoms with Crippen LogP contribution in [0.4, 0.5) is 10.2 Å². The van der Waals surface area contributed by atoms with Crippen molar-refractivity contribution in [3.8, 4) is 11.6 Å². The Morgan fingerprint density at radius 3 is 2.61 bits per heavy atom. The number of halogens is 1. The Morgan fingerprint density at radius 2 is 1.94 bits per heavy atom. The van der Waals surface area contributed by atoms with E-state index in [1.165, 1.54) is 12.1 Å². The summed E-state index contributed by atoms with van der Waals surface area (Å²) in [5.41, 5.74) is 0. The van der Waals surface area contributed by atoms with Gasteiger partial charge in [0.25, 0.3) is 0 Å². The lowest BCUT2D eigenvalue weighted by molar-refractivity contribution is 0.458. The van der Waals surface area contributed by atoms with Gasteiger partial charge in [0, 0.05) is 12.6 Å². The van der Waals surface area contributed by atoms with Crippen LogP contribution in [0, 0.1) is 12.7 Å². The lowest BCUT2D eigenvalue weighted by atomic mass is 10.3. The molecule has 2 rings (SSSR count). The summed E-state index contributed by atoms with van der Waals surface area (Å²) in [4.78, 5) is 8.38. The summed E-state index contributed by atoms with van der Waals surface area (Å²) in [5.74, 6) is 2.00. The van der Waals surface area contributed by atoms with Crippen molar-refractivity contribution in [3.05, 3.63) is 42.0 Å². The number of nitrogens with one attached hydrogen (secondary N) is 1. The van der Waals surface area contributed by atoms with E-state index in [-0.39, 0.29) is 5.82 Å². The smallest absolute Gasteiger partial charge is 0.224 e. The first-order chi connectivity index (χ1) is 8.67. The van der Waals surface area contributed by atoms with Crippen LogP contribution in [0.15, 0.2) is 30.3 Å². The van der Waals surface area contributed by atoms with Gasteiger partial charge in [0.15, 0.2) is 0 Å². The minimum Gasteiger partial charge on any atom is -0.439 e. The summed E-state index contributed by atoms with van der Waals surface area (Å²) >= 11 is 0. The van der Waals surface area contributed by atoms with E-state index in [0.717, 1.165) is 6.54 Å². The fourth-order valence-electron chi connectivity index (χ4n) is 1.49. The molecular formula is C13H14FN3O. The highest BCUT2D eigenvalue weighted by Gasteiger charge is 2.03. The Kier molecular flexibility index (Phi) is 3.72. The lowest BCUT2D eigenvalue weighted by Gasteiger charge is -2.08. The van der Waals surface area contributed by atoms with E-state index in [1.54, 1.807) is 25.1 Å². The number of ether oxygens (including phenoxy) is 1. The van der Waals surface area contributed by atoms with E-state index in [0.29, 0.717) is 23.3 Å². The van der Waals surface area contributed by atoms with Gasteiger partial charge in [-0.15, -0.1) is 0 Å². The van der Waals surface area contributed by atoms with Gasteiger partial charge in [-0.05, 0) is 38.1 Å². The average molecular weight is 247 g/mol. The van der Waals surface area contributed by atoms with Gasteiger partial charge in [0.05, 0.1) is 0 Å². The second kappa shape index (κ2) is 5.44. The summed E-state index contributed by atoms with van der Waals surface area (Å²) in [6, 6.07) is 7.50. The van der Waals surface area contributed by atoms with Gasteiger partial charge in [-0.1, -0.05) is 0 Å². The van der Waals surface area contributed by atoms with Crippen LogP contribution in [0.1, 0.15) is 12.7 Å². The van der Waals surface area contributed by atoms with E-state index in [9.17, 15) is 4.39 Å². The van der Waals surface area contributed by atoms with Crippen LogP contribution < -0.4 is 10.1 Å². The molecule has 0 saturated heterocycles. The molecule has 0 fully saturated rings. The van der Waals surface area contributed by atoms with Crippen LogP contribution in [-0.4, -0.2) is 16.5 Å². The number of nitrogens with zero attached hydrogens (tertiary/aromatic N) is 2. The van der Waals surface area contributed by atoms with Gasteiger partial charge < -0.3 is 10.1 Å². The predicted molar refractivity (Wildman–Crippen MR) is 67.4 cm³/mol. The minimum atomic E-state index is -0.297. The highest BCUT2D eigenvalue weighted by atomic mass is 19.1. The summed E-state index contributed by atoms with van der Waals surface area (Å²) in [7, 11) is 0. The Labute approximate surface area is 105 Å². The largest absolute Gasteiger partial charge is 0.439 e. The third kappa shape index (κ3) is 3.16. The summed E-state index contributed by atoms with van der Waals surface area (Å²) < 4.78 is 18.3. The summed E-state index contributed by atoms with van der Waals surface area (Å²) in [5, 5.41) is 3.09. The molecule has 5 heteroatoms. The first-order valence-corrected chi connectivity index (χ1v) is 5.70. The van der Waals surface area contributed by atoms with Crippen LogP contribution in [0.2, 0.25) is 0 Å². The molecule has 1 heterocycles. The van der Waals surface area contributed by atoms with Crippen molar-refractivity contribution in [1.82, 2.24) is 9.97 Å². The van der Waals surface area contributed by atoms with E-state index >= 15 is 0 Å². The van der Waals surface area contributed by atoms with Crippen molar-refractivity contribution in [2.45, 2.75) is 13.8 Å². The quantitative estimate of drug-likeness (QED) is 0.901. The molecule has 0 unspecified atom stereocenters. The molecule has 94 valence electrons. The van der Waals surface area contributed by atoms with Crippen LogP contribution in [0.3, 0.4) is 0 Å². The van der Waals surface area contributed by atoms with Crippen molar-refractivity contribution >= 4 is 5.82 Å². The molecule has 0 aliphatic carbocycles. The molecule has 1 N–H and O–H groups in total. The van der Waals surface area contributed by atoms with E-state index < -0.39 is 0 Å². The Balaban J connectivity index is 2.20. The fourth-order valence-corrected chi connectivity index (χ4v) is 1.49. The van der Waals surface area contributed by atoms with Crippen LogP contribution in [-0.2, 0) is 0 Å². The maximum atomic E-state index is 12.8. The van der Waals surface area contributed by atoms with E-state index in [4.69, 9.17) is 4.74 Å². The zero-order valence-electron chi connectivity index (χ0n) is 10.3. The van der Waals surface area contributed by atoms with Crippen molar-refractivity contribution < 1.29 is 9.13 Å². The fraction of sp³-hybridized carbons (Fsp3) is 0.231. The first kappa shape index (κ1) is 12.3. The molecule has 0 amide bonds. The van der Waals surface area contributed by atoms with Crippen molar-refractivity contribution in [1.29, 1.82) is 0 Å². The molecule has 0 aliphatic rings. The van der Waals surface area contributed by atoms with E-state index in [1.807, 2.05) is 6.92 Å². The summed E-state index contributed by atoms with van der Waals surface area (Å²) in [6.07, 6.45) is 0. The monoisotopic (exact) mass is 247 g/mol. The van der Waals surface area contributed by atoms with E-state index in [2.05, 4.69) is 15.3 Å². The normalized spacial score (nSPS) is 10.2. The molecule has 4 nitrogen and oxygen atoms in total. The topological polar surface area (TPSA) is 47.0 Å². The van der Waals surface area contributed by atoms with Gasteiger partial charge >= 0.3 is 0 Å².